The molecule has 0 radical (unpaired) electrons. The van der Waals surface area contributed by atoms with Gasteiger partial charge < -0.3 is 0 Å². The lowest BCUT2D eigenvalue weighted by Crippen LogP contribution is -2.26. The minimum Gasteiger partial charge on any atom is -0.295 e. The maximum Gasteiger partial charge on any atom is 0.0550 e. The van der Waals surface area contributed by atoms with E-state index in [1.807, 2.05) is 0 Å². The fraction of sp³-hybridized carbons (Fsp3) is 0.900. The molecule has 0 aromatic rings. The van der Waals surface area contributed by atoms with E-state index in [9.17, 15) is 0 Å². The third-order valence-electron chi connectivity index (χ3n) is 2.30. The highest BCUT2D eigenvalue weighted by atomic mass is 14.8. The standard InChI is InChI=1S/C10H21N/c1-7-9(2,3)8-10(4,5)11-6/h6-8H2,1-5H3. The fourth-order valence-electron chi connectivity index (χ4n) is 1.35. The average molecular weight is 155 g/mol. The maximum absolute atomic E-state index is 4.10. The second-order valence-corrected chi connectivity index (χ2v) is 4.67. The zero-order valence-corrected chi connectivity index (χ0v) is 8.57. The van der Waals surface area contributed by atoms with Crippen LogP contribution in [0.1, 0.15) is 47.5 Å². The molecule has 0 saturated heterocycles. The first-order valence-electron chi connectivity index (χ1n) is 4.31. The molecule has 0 atom stereocenters. The molecule has 0 aliphatic heterocycles. The minimum absolute atomic E-state index is 0.0412. The van der Waals surface area contributed by atoms with Crippen molar-refractivity contribution in [3.8, 4) is 0 Å². The normalized spacial score (nSPS) is 13.2. The molecule has 1 nitrogen and oxygen atoms in total. The molecule has 0 aromatic heterocycles. The smallest absolute Gasteiger partial charge is 0.0550 e. The van der Waals surface area contributed by atoms with Crippen LogP contribution in [0.3, 0.4) is 0 Å². The van der Waals surface area contributed by atoms with Crippen molar-refractivity contribution < 1.29 is 0 Å². The van der Waals surface area contributed by atoms with Gasteiger partial charge in [0.15, 0.2) is 0 Å². The van der Waals surface area contributed by atoms with E-state index in [4.69, 9.17) is 0 Å². The number of rotatable bonds is 4. The van der Waals surface area contributed by atoms with Crippen LogP contribution in [-0.2, 0) is 0 Å². The van der Waals surface area contributed by atoms with E-state index < -0.39 is 0 Å². The van der Waals surface area contributed by atoms with Gasteiger partial charge in [0, 0.05) is 0 Å². The van der Waals surface area contributed by atoms with Crippen LogP contribution in [0.2, 0.25) is 0 Å². The van der Waals surface area contributed by atoms with E-state index in [1.165, 1.54) is 6.42 Å². The lowest BCUT2D eigenvalue weighted by Gasteiger charge is -2.31. The molecule has 0 amide bonds. The van der Waals surface area contributed by atoms with Gasteiger partial charge in [0.05, 0.1) is 5.54 Å². The molecule has 0 spiro atoms. The molecule has 0 saturated carbocycles. The van der Waals surface area contributed by atoms with Crippen LogP contribution in [0.15, 0.2) is 4.99 Å². The zero-order valence-electron chi connectivity index (χ0n) is 8.57. The molecule has 66 valence electrons. The molecule has 0 unspecified atom stereocenters. The topological polar surface area (TPSA) is 12.4 Å². The molecule has 0 bridgehead atoms. The highest BCUT2D eigenvalue weighted by molar-refractivity contribution is 5.25. The summed E-state index contributed by atoms with van der Waals surface area (Å²) >= 11 is 0. The molecular formula is C10H21N. The Morgan fingerprint density at radius 3 is 1.91 bits per heavy atom. The van der Waals surface area contributed by atoms with E-state index in [-0.39, 0.29) is 5.54 Å². The van der Waals surface area contributed by atoms with Crippen LogP contribution >= 0.6 is 0 Å². The fourth-order valence-corrected chi connectivity index (χ4v) is 1.35. The van der Waals surface area contributed by atoms with E-state index in [0.29, 0.717) is 5.41 Å². The average Bonchev–Trinajstić information content (AvgIpc) is 1.86. The second-order valence-electron chi connectivity index (χ2n) is 4.67. The number of nitrogens with zero attached hydrogens (tertiary/aromatic N) is 1. The molecule has 0 aliphatic carbocycles. The number of hydrogen-bond donors (Lipinski definition) is 0. The molecule has 0 N–H and O–H groups in total. The Morgan fingerprint density at radius 1 is 1.18 bits per heavy atom. The number of aliphatic imine (C=N–C) groups is 1. The molecule has 1 heteroatoms. The summed E-state index contributed by atoms with van der Waals surface area (Å²) in [5.74, 6) is 0. The predicted octanol–water partition coefficient (Wildman–Crippen LogP) is 3.29. The summed E-state index contributed by atoms with van der Waals surface area (Å²) in [6.45, 7) is 14.7. The summed E-state index contributed by atoms with van der Waals surface area (Å²) in [5, 5.41) is 0. The highest BCUT2D eigenvalue weighted by Gasteiger charge is 2.25. The molecule has 0 aromatic carbocycles. The summed E-state index contributed by atoms with van der Waals surface area (Å²) in [6.07, 6.45) is 2.31. The first kappa shape index (κ1) is 10.7. The van der Waals surface area contributed by atoms with Gasteiger partial charge >= 0.3 is 0 Å². The van der Waals surface area contributed by atoms with Crippen molar-refractivity contribution in [3.05, 3.63) is 0 Å². The van der Waals surface area contributed by atoms with Gasteiger partial charge in [0.2, 0.25) is 0 Å². The largest absolute Gasteiger partial charge is 0.295 e. The Balaban J connectivity index is 4.12. The van der Waals surface area contributed by atoms with Gasteiger partial charge in [-0.15, -0.1) is 0 Å². The van der Waals surface area contributed by atoms with Crippen LogP contribution in [0.4, 0.5) is 0 Å². The lowest BCUT2D eigenvalue weighted by molar-refractivity contribution is 0.253. The Kier molecular flexibility index (Phi) is 3.28. The Morgan fingerprint density at radius 2 is 1.64 bits per heavy atom. The van der Waals surface area contributed by atoms with Crippen molar-refractivity contribution in [2.24, 2.45) is 10.4 Å². The number of hydrogen-bond acceptors (Lipinski definition) is 1. The van der Waals surface area contributed by atoms with Crippen molar-refractivity contribution in [1.82, 2.24) is 0 Å². The Bertz CT molecular complexity index is 134. The van der Waals surface area contributed by atoms with Crippen molar-refractivity contribution in [2.75, 3.05) is 0 Å². The van der Waals surface area contributed by atoms with Crippen molar-refractivity contribution in [1.29, 1.82) is 0 Å². The van der Waals surface area contributed by atoms with Gasteiger partial charge in [0.1, 0.15) is 0 Å². The van der Waals surface area contributed by atoms with Crippen molar-refractivity contribution in [2.45, 2.75) is 53.0 Å². The van der Waals surface area contributed by atoms with Crippen LogP contribution in [-0.4, -0.2) is 12.3 Å². The molecule has 0 rings (SSSR count). The molecular weight excluding hydrogens is 134 g/mol. The van der Waals surface area contributed by atoms with Gasteiger partial charge in [-0.1, -0.05) is 27.2 Å². The highest BCUT2D eigenvalue weighted by Crippen LogP contribution is 2.32. The van der Waals surface area contributed by atoms with Gasteiger partial charge in [0.25, 0.3) is 0 Å². The Hall–Kier alpha value is -0.330. The van der Waals surface area contributed by atoms with Gasteiger partial charge in [-0.05, 0) is 32.4 Å². The van der Waals surface area contributed by atoms with Crippen LogP contribution < -0.4 is 0 Å². The third kappa shape index (κ3) is 4.18. The maximum atomic E-state index is 4.10. The molecule has 0 heterocycles. The summed E-state index contributed by atoms with van der Waals surface area (Å²) in [4.78, 5) is 4.10. The van der Waals surface area contributed by atoms with E-state index in [0.717, 1.165) is 6.42 Å². The minimum atomic E-state index is 0.0412. The van der Waals surface area contributed by atoms with Crippen molar-refractivity contribution >= 4 is 6.72 Å². The quantitative estimate of drug-likeness (QED) is 0.552. The second kappa shape index (κ2) is 3.38. The van der Waals surface area contributed by atoms with Crippen LogP contribution in [0.5, 0.6) is 0 Å². The van der Waals surface area contributed by atoms with Gasteiger partial charge in [-0.2, -0.15) is 0 Å². The Labute approximate surface area is 70.9 Å². The molecule has 0 aliphatic rings. The zero-order chi connectivity index (χ0) is 9.12. The van der Waals surface area contributed by atoms with Gasteiger partial charge in [-0.25, -0.2) is 0 Å². The molecule has 0 fully saturated rings. The molecule has 11 heavy (non-hydrogen) atoms. The van der Waals surface area contributed by atoms with E-state index in [2.05, 4.69) is 46.3 Å². The first-order valence-corrected chi connectivity index (χ1v) is 4.31. The summed E-state index contributed by atoms with van der Waals surface area (Å²) < 4.78 is 0. The van der Waals surface area contributed by atoms with Crippen molar-refractivity contribution in [3.63, 3.8) is 0 Å². The predicted molar refractivity (Wildman–Crippen MR) is 52.3 cm³/mol. The monoisotopic (exact) mass is 155 g/mol. The first-order chi connectivity index (χ1) is 4.83. The SMILES string of the molecule is C=NC(C)(C)CC(C)(C)CC. The third-order valence-corrected chi connectivity index (χ3v) is 2.30. The van der Waals surface area contributed by atoms with Gasteiger partial charge in [-0.3, -0.25) is 4.99 Å². The summed E-state index contributed by atoms with van der Waals surface area (Å²) in [6, 6.07) is 0. The van der Waals surface area contributed by atoms with Crippen LogP contribution in [0.25, 0.3) is 0 Å². The summed E-state index contributed by atoms with van der Waals surface area (Å²) in [7, 11) is 0. The van der Waals surface area contributed by atoms with Crippen LogP contribution in [0, 0.1) is 5.41 Å². The summed E-state index contributed by atoms with van der Waals surface area (Å²) in [5.41, 5.74) is 0.435. The lowest BCUT2D eigenvalue weighted by atomic mass is 9.78. The van der Waals surface area contributed by atoms with E-state index >= 15 is 0 Å². The van der Waals surface area contributed by atoms with E-state index in [1.54, 1.807) is 0 Å².